The van der Waals surface area contributed by atoms with Crippen LogP contribution in [0, 0.1) is 0 Å². The maximum atomic E-state index is 12.4. The Bertz CT molecular complexity index is 1040. The highest BCUT2D eigenvalue weighted by atomic mass is 35.5. The number of nitrogens with one attached hydrogen (secondary N) is 1. The van der Waals surface area contributed by atoms with Crippen molar-refractivity contribution in [2.75, 3.05) is 5.32 Å². The summed E-state index contributed by atoms with van der Waals surface area (Å²) < 4.78 is 26.2. The summed E-state index contributed by atoms with van der Waals surface area (Å²) in [5.41, 5.74) is 1.30. The third kappa shape index (κ3) is 5.21. The molecule has 0 saturated carbocycles. The minimum Gasteiger partial charge on any atom is -0.321 e. The van der Waals surface area contributed by atoms with Gasteiger partial charge in [-0.2, -0.15) is 8.78 Å². The molecule has 0 aliphatic carbocycles. The minimum atomic E-state index is -2.51. The van der Waals surface area contributed by atoms with Crippen LogP contribution in [0.1, 0.15) is 15.9 Å². The molecule has 4 nitrogen and oxygen atoms in total. The summed E-state index contributed by atoms with van der Waals surface area (Å²) in [6.07, 6.45) is 1.53. The Kier molecular flexibility index (Phi) is 6.49. The monoisotopic (exact) mass is 420 g/mol. The van der Waals surface area contributed by atoms with E-state index in [1.807, 2.05) is 12.1 Å². The number of thioether (sulfide) groups is 1. The zero-order valence-electron chi connectivity index (χ0n) is 14.4. The fourth-order valence-electron chi connectivity index (χ4n) is 2.53. The average molecular weight is 421 g/mol. The Hall–Kier alpha value is -2.64. The molecular weight excluding hydrogens is 406 g/mol. The van der Waals surface area contributed by atoms with Crippen LogP contribution in [0.2, 0.25) is 5.02 Å². The second kappa shape index (κ2) is 9.03. The van der Waals surface area contributed by atoms with Gasteiger partial charge < -0.3 is 9.88 Å². The summed E-state index contributed by atoms with van der Waals surface area (Å²) in [5.74, 6) is -2.92. The van der Waals surface area contributed by atoms with E-state index in [1.165, 1.54) is 47.2 Å². The molecule has 1 heterocycles. The summed E-state index contributed by atoms with van der Waals surface area (Å²) in [5, 5.41) is 3.25. The lowest BCUT2D eigenvalue weighted by Crippen LogP contribution is -2.21. The van der Waals surface area contributed by atoms with Crippen LogP contribution in [0.3, 0.4) is 0 Å². The van der Waals surface area contributed by atoms with Crippen LogP contribution in [0.25, 0.3) is 0 Å². The van der Waals surface area contributed by atoms with E-state index in [1.54, 1.807) is 12.1 Å². The molecule has 0 bridgehead atoms. The SMILES string of the molecule is O=C(Nc1ccc(=O)n(Cc2ccccc2Cl)c1)c1ccc(SC(F)F)cc1. The lowest BCUT2D eigenvalue weighted by molar-refractivity contribution is 0.102. The predicted octanol–water partition coefficient (Wildman–Crippen LogP) is 5.12. The Balaban J connectivity index is 1.74. The van der Waals surface area contributed by atoms with Gasteiger partial charge in [-0.15, -0.1) is 0 Å². The van der Waals surface area contributed by atoms with Crippen molar-refractivity contribution in [2.45, 2.75) is 17.2 Å². The molecule has 1 N–H and O–H groups in total. The fourth-order valence-corrected chi connectivity index (χ4v) is 3.22. The standard InChI is InChI=1S/C20H15ClF2N2O2S/c21-17-4-2-1-3-14(17)11-25-12-15(7-10-18(25)26)24-19(27)13-5-8-16(9-6-13)28-20(22)23/h1-10,12,20H,11H2,(H,24,27). The molecule has 3 aromatic rings. The number of carbonyl (C=O) groups is 1. The highest BCUT2D eigenvalue weighted by molar-refractivity contribution is 7.99. The van der Waals surface area contributed by atoms with Crippen LogP contribution >= 0.6 is 23.4 Å². The number of benzene rings is 2. The van der Waals surface area contributed by atoms with E-state index in [0.717, 1.165) is 5.56 Å². The predicted molar refractivity (Wildman–Crippen MR) is 108 cm³/mol. The molecule has 0 aliphatic heterocycles. The third-order valence-electron chi connectivity index (χ3n) is 3.88. The number of amides is 1. The molecular formula is C20H15ClF2N2O2S. The molecule has 2 aromatic carbocycles. The van der Waals surface area contributed by atoms with Gasteiger partial charge in [0.2, 0.25) is 0 Å². The number of hydrogen-bond acceptors (Lipinski definition) is 3. The third-order valence-corrected chi connectivity index (χ3v) is 4.97. The Morgan fingerprint density at radius 2 is 1.79 bits per heavy atom. The number of anilines is 1. The van der Waals surface area contributed by atoms with Crippen LogP contribution in [0.5, 0.6) is 0 Å². The number of carbonyl (C=O) groups excluding carboxylic acids is 1. The summed E-state index contributed by atoms with van der Waals surface area (Å²) in [6.45, 7) is 0.266. The van der Waals surface area contributed by atoms with Crippen molar-refractivity contribution in [1.82, 2.24) is 4.57 Å². The molecule has 8 heteroatoms. The summed E-state index contributed by atoms with van der Waals surface area (Å²) in [6, 6.07) is 15.9. The van der Waals surface area contributed by atoms with Gasteiger partial charge in [-0.05, 0) is 42.0 Å². The number of nitrogens with zero attached hydrogens (tertiary/aromatic N) is 1. The van der Waals surface area contributed by atoms with Gasteiger partial charge in [0.1, 0.15) is 0 Å². The number of alkyl halides is 2. The molecule has 0 aliphatic rings. The van der Waals surface area contributed by atoms with Gasteiger partial charge in [0, 0.05) is 27.7 Å². The highest BCUT2D eigenvalue weighted by Crippen LogP contribution is 2.25. The second-order valence-corrected chi connectivity index (χ2v) is 7.30. The second-order valence-electron chi connectivity index (χ2n) is 5.83. The van der Waals surface area contributed by atoms with Crippen LogP contribution in [0.4, 0.5) is 14.5 Å². The van der Waals surface area contributed by atoms with Crippen LogP contribution in [0.15, 0.2) is 76.6 Å². The quantitative estimate of drug-likeness (QED) is 0.563. The largest absolute Gasteiger partial charge is 0.321 e. The summed E-state index contributed by atoms with van der Waals surface area (Å²) in [4.78, 5) is 24.9. The fraction of sp³-hybridized carbons (Fsp3) is 0.100. The molecule has 144 valence electrons. The molecule has 0 unspecified atom stereocenters. The molecule has 3 rings (SSSR count). The van der Waals surface area contributed by atoms with E-state index in [9.17, 15) is 18.4 Å². The maximum Gasteiger partial charge on any atom is 0.288 e. The van der Waals surface area contributed by atoms with Gasteiger partial charge in [0.15, 0.2) is 0 Å². The average Bonchev–Trinajstić information content (AvgIpc) is 2.66. The smallest absolute Gasteiger partial charge is 0.288 e. The van der Waals surface area contributed by atoms with E-state index in [2.05, 4.69) is 5.32 Å². The molecule has 1 aromatic heterocycles. The number of halogens is 3. The number of pyridine rings is 1. The number of aromatic nitrogens is 1. The molecule has 1 amide bonds. The van der Waals surface area contributed by atoms with Gasteiger partial charge in [-0.25, -0.2) is 0 Å². The molecule has 0 spiro atoms. The molecule has 0 atom stereocenters. The Morgan fingerprint density at radius 1 is 1.07 bits per heavy atom. The zero-order chi connectivity index (χ0) is 20.1. The lowest BCUT2D eigenvalue weighted by Gasteiger charge is -2.11. The first-order chi connectivity index (χ1) is 13.4. The van der Waals surface area contributed by atoms with Crippen LogP contribution in [-0.2, 0) is 6.54 Å². The normalized spacial score (nSPS) is 10.9. The van der Waals surface area contributed by atoms with Gasteiger partial charge >= 0.3 is 0 Å². The van der Waals surface area contributed by atoms with Crippen molar-refractivity contribution in [2.24, 2.45) is 0 Å². The maximum absolute atomic E-state index is 12.4. The first-order valence-corrected chi connectivity index (χ1v) is 9.48. The molecule has 28 heavy (non-hydrogen) atoms. The molecule has 0 saturated heterocycles. The van der Waals surface area contributed by atoms with E-state index >= 15 is 0 Å². The van der Waals surface area contributed by atoms with E-state index in [0.29, 0.717) is 32.9 Å². The summed E-state index contributed by atoms with van der Waals surface area (Å²) in [7, 11) is 0. The van der Waals surface area contributed by atoms with E-state index < -0.39 is 11.7 Å². The van der Waals surface area contributed by atoms with Crippen LogP contribution in [-0.4, -0.2) is 16.2 Å². The van der Waals surface area contributed by atoms with Gasteiger partial charge in [-0.1, -0.05) is 41.6 Å². The van der Waals surface area contributed by atoms with Crippen LogP contribution < -0.4 is 10.9 Å². The Labute approximate surface area is 169 Å². The molecule has 0 radical (unpaired) electrons. The molecule has 0 fully saturated rings. The lowest BCUT2D eigenvalue weighted by atomic mass is 10.2. The van der Waals surface area contributed by atoms with E-state index in [-0.39, 0.29) is 12.1 Å². The Morgan fingerprint density at radius 3 is 2.46 bits per heavy atom. The number of rotatable bonds is 6. The van der Waals surface area contributed by atoms with Gasteiger partial charge in [0.05, 0.1) is 12.2 Å². The van der Waals surface area contributed by atoms with Gasteiger partial charge in [-0.3, -0.25) is 9.59 Å². The van der Waals surface area contributed by atoms with Crippen molar-refractivity contribution in [3.63, 3.8) is 0 Å². The first kappa shape index (κ1) is 20.1. The van der Waals surface area contributed by atoms with Crippen molar-refractivity contribution < 1.29 is 13.6 Å². The van der Waals surface area contributed by atoms with Crippen molar-refractivity contribution in [3.05, 3.63) is 93.4 Å². The van der Waals surface area contributed by atoms with E-state index in [4.69, 9.17) is 11.6 Å². The minimum absolute atomic E-state index is 0.230. The highest BCUT2D eigenvalue weighted by Gasteiger charge is 2.10. The van der Waals surface area contributed by atoms with Gasteiger partial charge in [0.25, 0.3) is 17.2 Å². The first-order valence-electron chi connectivity index (χ1n) is 8.22. The van der Waals surface area contributed by atoms with Crippen molar-refractivity contribution >= 4 is 35.0 Å². The van der Waals surface area contributed by atoms with Crippen molar-refractivity contribution in [3.8, 4) is 0 Å². The number of hydrogen-bond donors (Lipinski definition) is 1. The topological polar surface area (TPSA) is 51.1 Å². The van der Waals surface area contributed by atoms with Crippen molar-refractivity contribution in [1.29, 1.82) is 0 Å². The summed E-state index contributed by atoms with van der Waals surface area (Å²) >= 11 is 6.56. The zero-order valence-corrected chi connectivity index (χ0v) is 16.0.